The molecule has 0 saturated carbocycles. The second-order valence-electron chi connectivity index (χ2n) is 3.39. The third kappa shape index (κ3) is 1.46. The van der Waals surface area contributed by atoms with Gasteiger partial charge in [-0.1, -0.05) is 25.4 Å². The van der Waals surface area contributed by atoms with E-state index in [9.17, 15) is 0 Å². The minimum Gasteiger partial charge on any atom is -0.454 e. The Bertz CT molecular complexity index is 334. The fourth-order valence-corrected chi connectivity index (χ4v) is 1.59. The summed E-state index contributed by atoms with van der Waals surface area (Å²) in [6.07, 6.45) is 0. The molecule has 0 N–H and O–H groups in total. The van der Waals surface area contributed by atoms with Crippen molar-refractivity contribution >= 4 is 11.6 Å². The minimum atomic E-state index is 0.274. The van der Waals surface area contributed by atoms with Gasteiger partial charge in [0.2, 0.25) is 6.79 Å². The Labute approximate surface area is 82.4 Å². The van der Waals surface area contributed by atoms with Gasteiger partial charge in [0.1, 0.15) is 0 Å². The second kappa shape index (κ2) is 3.11. The van der Waals surface area contributed by atoms with Crippen molar-refractivity contribution in [2.45, 2.75) is 19.8 Å². The standard InChI is InChI=1S/C10H11ClO2/c1-6(2)7-3-8(11)10-9(4-7)12-5-13-10/h3-4,6H,5H2,1-2H3. The van der Waals surface area contributed by atoms with Gasteiger partial charge in [0.05, 0.1) is 5.02 Å². The van der Waals surface area contributed by atoms with E-state index in [0.29, 0.717) is 16.7 Å². The second-order valence-corrected chi connectivity index (χ2v) is 3.80. The van der Waals surface area contributed by atoms with E-state index < -0.39 is 0 Å². The Morgan fingerprint density at radius 3 is 2.77 bits per heavy atom. The van der Waals surface area contributed by atoms with Crippen LogP contribution in [0, 0.1) is 0 Å². The van der Waals surface area contributed by atoms with E-state index >= 15 is 0 Å². The largest absolute Gasteiger partial charge is 0.454 e. The number of ether oxygens (including phenoxy) is 2. The third-order valence-electron chi connectivity index (χ3n) is 2.12. The lowest BCUT2D eigenvalue weighted by molar-refractivity contribution is 0.174. The monoisotopic (exact) mass is 198 g/mol. The molecule has 1 aliphatic heterocycles. The van der Waals surface area contributed by atoms with Crippen molar-refractivity contribution in [2.75, 3.05) is 6.79 Å². The van der Waals surface area contributed by atoms with E-state index in [-0.39, 0.29) is 6.79 Å². The average molecular weight is 199 g/mol. The molecule has 0 atom stereocenters. The van der Waals surface area contributed by atoms with E-state index in [0.717, 1.165) is 5.75 Å². The third-order valence-corrected chi connectivity index (χ3v) is 2.40. The van der Waals surface area contributed by atoms with E-state index in [2.05, 4.69) is 13.8 Å². The lowest BCUT2D eigenvalue weighted by Gasteiger charge is -2.07. The highest BCUT2D eigenvalue weighted by atomic mass is 35.5. The smallest absolute Gasteiger partial charge is 0.231 e. The highest BCUT2D eigenvalue weighted by Crippen LogP contribution is 2.41. The summed E-state index contributed by atoms with van der Waals surface area (Å²) < 4.78 is 10.5. The van der Waals surface area contributed by atoms with Crippen LogP contribution in [0.1, 0.15) is 25.3 Å². The molecule has 3 heteroatoms. The highest BCUT2D eigenvalue weighted by Gasteiger charge is 2.18. The zero-order valence-corrected chi connectivity index (χ0v) is 8.39. The van der Waals surface area contributed by atoms with Crippen LogP contribution in [-0.4, -0.2) is 6.79 Å². The summed E-state index contributed by atoms with van der Waals surface area (Å²) >= 11 is 6.01. The van der Waals surface area contributed by atoms with E-state index in [1.165, 1.54) is 5.56 Å². The molecule has 0 amide bonds. The molecule has 1 aromatic carbocycles. The molecule has 2 rings (SSSR count). The molecule has 0 spiro atoms. The molecule has 1 aromatic rings. The van der Waals surface area contributed by atoms with Crippen LogP contribution in [0.2, 0.25) is 5.02 Å². The van der Waals surface area contributed by atoms with Crippen LogP contribution in [0.5, 0.6) is 11.5 Å². The van der Waals surface area contributed by atoms with Crippen molar-refractivity contribution < 1.29 is 9.47 Å². The summed E-state index contributed by atoms with van der Waals surface area (Å²) in [4.78, 5) is 0. The highest BCUT2D eigenvalue weighted by molar-refractivity contribution is 6.32. The minimum absolute atomic E-state index is 0.274. The molecule has 0 aromatic heterocycles. The number of fused-ring (bicyclic) bond motifs is 1. The number of benzene rings is 1. The molecular weight excluding hydrogens is 188 g/mol. The Hall–Kier alpha value is -0.890. The van der Waals surface area contributed by atoms with Crippen molar-refractivity contribution in [1.82, 2.24) is 0 Å². The average Bonchev–Trinajstić information content (AvgIpc) is 2.51. The van der Waals surface area contributed by atoms with Gasteiger partial charge in [0, 0.05) is 0 Å². The van der Waals surface area contributed by atoms with Gasteiger partial charge < -0.3 is 9.47 Å². The molecule has 0 aliphatic carbocycles. The molecule has 13 heavy (non-hydrogen) atoms. The normalized spacial score (nSPS) is 13.8. The van der Waals surface area contributed by atoms with E-state index in [1.54, 1.807) is 0 Å². The van der Waals surface area contributed by atoms with Crippen LogP contribution in [0.3, 0.4) is 0 Å². The Kier molecular flexibility index (Phi) is 2.08. The van der Waals surface area contributed by atoms with Gasteiger partial charge in [0.25, 0.3) is 0 Å². The summed E-state index contributed by atoms with van der Waals surface area (Å²) in [6, 6.07) is 3.92. The van der Waals surface area contributed by atoms with Crippen molar-refractivity contribution in [1.29, 1.82) is 0 Å². The van der Waals surface area contributed by atoms with Crippen LogP contribution in [0.4, 0.5) is 0 Å². The first-order valence-electron chi connectivity index (χ1n) is 4.27. The SMILES string of the molecule is CC(C)c1cc(Cl)c2c(c1)OCO2. The summed E-state index contributed by atoms with van der Waals surface area (Å²) in [6.45, 7) is 4.51. The molecule has 1 heterocycles. The fraction of sp³-hybridized carbons (Fsp3) is 0.400. The predicted molar refractivity (Wildman–Crippen MR) is 51.7 cm³/mol. The van der Waals surface area contributed by atoms with Crippen LogP contribution >= 0.6 is 11.6 Å². The van der Waals surface area contributed by atoms with Gasteiger partial charge in [-0.3, -0.25) is 0 Å². The van der Waals surface area contributed by atoms with Gasteiger partial charge in [-0.05, 0) is 23.6 Å². The number of hydrogen-bond donors (Lipinski definition) is 0. The molecule has 70 valence electrons. The first kappa shape index (κ1) is 8.70. The van der Waals surface area contributed by atoms with Gasteiger partial charge in [-0.15, -0.1) is 0 Å². The van der Waals surface area contributed by atoms with E-state index in [1.807, 2.05) is 12.1 Å². The predicted octanol–water partition coefficient (Wildman–Crippen LogP) is 3.19. The maximum absolute atomic E-state index is 6.01. The molecular formula is C10H11ClO2. The van der Waals surface area contributed by atoms with E-state index in [4.69, 9.17) is 21.1 Å². The quantitative estimate of drug-likeness (QED) is 0.690. The van der Waals surface area contributed by atoms with Crippen LogP contribution in [-0.2, 0) is 0 Å². The molecule has 0 fully saturated rings. The van der Waals surface area contributed by atoms with Gasteiger partial charge >= 0.3 is 0 Å². The van der Waals surface area contributed by atoms with Crippen molar-refractivity contribution in [3.8, 4) is 11.5 Å². The number of rotatable bonds is 1. The van der Waals surface area contributed by atoms with Crippen molar-refractivity contribution in [3.63, 3.8) is 0 Å². The van der Waals surface area contributed by atoms with Crippen LogP contribution < -0.4 is 9.47 Å². The lowest BCUT2D eigenvalue weighted by Crippen LogP contribution is -1.93. The fourth-order valence-electron chi connectivity index (χ4n) is 1.32. The van der Waals surface area contributed by atoms with Crippen molar-refractivity contribution in [2.24, 2.45) is 0 Å². The summed E-state index contributed by atoms with van der Waals surface area (Å²) in [5.41, 5.74) is 1.18. The summed E-state index contributed by atoms with van der Waals surface area (Å²) in [7, 11) is 0. The lowest BCUT2D eigenvalue weighted by atomic mass is 10.0. The number of halogens is 1. The molecule has 0 bridgehead atoms. The summed E-state index contributed by atoms with van der Waals surface area (Å²) in [5.74, 6) is 1.88. The zero-order chi connectivity index (χ0) is 9.42. The maximum atomic E-state index is 6.01. The maximum Gasteiger partial charge on any atom is 0.231 e. The zero-order valence-electron chi connectivity index (χ0n) is 7.63. The molecule has 1 aliphatic rings. The first-order valence-corrected chi connectivity index (χ1v) is 4.65. The van der Waals surface area contributed by atoms with Gasteiger partial charge in [-0.25, -0.2) is 0 Å². The Balaban J connectivity index is 2.49. The van der Waals surface area contributed by atoms with Crippen LogP contribution in [0.25, 0.3) is 0 Å². The Morgan fingerprint density at radius 2 is 2.08 bits per heavy atom. The van der Waals surface area contributed by atoms with Gasteiger partial charge in [0.15, 0.2) is 11.5 Å². The first-order chi connectivity index (χ1) is 6.18. The summed E-state index contributed by atoms with van der Waals surface area (Å²) in [5, 5.41) is 0.638. The molecule has 0 radical (unpaired) electrons. The topological polar surface area (TPSA) is 18.5 Å². The van der Waals surface area contributed by atoms with Gasteiger partial charge in [-0.2, -0.15) is 0 Å². The molecule has 2 nitrogen and oxygen atoms in total. The van der Waals surface area contributed by atoms with Crippen LogP contribution in [0.15, 0.2) is 12.1 Å². The number of hydrogen-bond acceptors (Lipinski definition) is 2. The Morgan fingerprint density at radius 1 is 1.31 bits per heavy atom. The van der Waals surface area contributed by atoms with Crippen molar-refractivity contribution in [3.05, 3.63) is 22.7 Å². The molecule has 0 unspecified atom stereocenters. The molecule has 0 saturated heterocycles.